The molecule has 0 aliphatic carbocycles. The number of hydrogen-bond acceptors (Lipinski definition) is 1. The number of carbonyl (C=O) groups is 1. The Labute approximate surface area is 79.8 Å². The molecule has 72 valence electrons. The van der Waals surface area contributed by atoms with Gasteiger partial charge in [-0.1, -0.05) is 44.9 Å². The number of rotatable bonds is 2. The molecule has 13 heavy (non-hydrogen) atoms. The van der Waals surface area contributed by atoms with Gasteiger partial charge in [-0.25, -0.2) is 0 Å². The fraction of sp³-hybridized carbons (Fsp3) is 0.364. The standard InChI is InChI=1S/C7H7NO.C4H10/c8-7(9)6-4-2-1-3-5-6;1-3-4-2/h1-5H,(H2,8,9);3-4H2,1-2H3. The van der Waals surface area contributed by atoms with Gasteiger partial charge in [0, 0.05) is 5.56 Å². The van der Waals surface area contributed by atoms with Gasteiger partial charge in [0.2, 0.25) is 5.91 Å². The Morgan fingerprint density at radius 3 is 1.85 bits per heavy atom. The van der Waals surface area contributed by atoms with Crippen LogP contribution in [-0.4, -0.2) is 5.91 Å². The zero-order valence-corrected chi connectivity index (χ0v) is 8.29. The van der Waals surface area contributed by atoms with Gasteiger partial charge in [-0.2, -0.15) is 0 Å². The Morgan fingerprint density at radius 1 is 1.15 bits per heavy atom. The van der Waals surface area contributed by atoms with Gasteiger partial charge in [0.25, 0.3) is 0 Å². The summed E-state index contributed by atoms with van der Waals surface area (Å²) in [4.78, 5) is 10.4. The molecular formula is C11H17NO. The average Bonchev–Trinajstić information content (AvgIpc) is 2.19. The summed E-state index contributed by atoms with van der Waals surface area (Å²) in [6.07, 6.45) is 2.64. The normalized spacial score (nSPS) is 8.46. The average molecular weight is 179 g/mol. The van der Waals surface area contributed by atoms with Gasteiger partial charge < -0.3 is 5.73 Å². The van der Waals surface area contributed by atoms with E-state index in [2.05, 4.69) is 13.8 Å². The third kappa shape index (κ3) is 5.91. The molecule has 0 bridgehead atoms. The van der Waals surface area contributed by atoms with E-state index in [-0.39, 0.29) is 5.91 Å². The molecule has 0 saturated heterocycles. The Kier molecular flexibility index (Phi) is 6.60. The first-order valence-electron chi connectivity index (χ1n) is 4.57. The number of amides is 1. The van der Waals surface area contributed by atoms with Crippen molar-refractivity contribution in [2.24, 2.45) is 5.73 Å². The zero-order valence-electron chi connectivity index (χ0n) is 8.29. The quantitative estimate of drug-likeness (QED) is 0.745. The summed E-state index contributed by atoms with van der Waals surface area (Å²) in [5, 5.41) is 0. The van der Waals surface area contributed by atoms with Crippen LogP contribution in [0.1, 0.15) is 37.0 Å². The van der Waals surface area contributed by atoms with E-state index in [0.717, 1.165) is 0 Å². The first kappa shape index (κ1) is 11.7. The smallest absolute Gasteiger partial charge is 0.248 e. The predicted octanol–water partition coefficient (Wildman–Crippen LogP) is 2.59. The number of hydrogen-bond donors (Lipinski definition) is 1. The van der Waals surface area contributed by atoms with Crippen molar-refractivity contribution in [2.75, 3.05) is 0 Å². The highest BCUT2D eigenvalue weighted by Crippen LogP contribution is 1.94. The van der Waals surface area contributed by atoms with Gasteiger partial charge in [-0.05, 0) is 12.1 Å². The lowest BCUT2D eigenvalue weighted by molar-refractivity contribution is 0.100. The second kappa shape index (κ2) is 7.35. The van der Waals surface area contributed by atoms with Crippen molar-refractivity contribution in [3.8, 4) is 0 Å². The highest BCUT2D eigenvalue weighted by atomic mass is 16.1. The van der Waals surface area contributed by atoms with Crippen LogP contribution in [-0.2, 0) is 0 Å². The molecule has 0 saturated carbocycles. The number of primary amides is 1. The fourth-order valence-corrected chi connectivity index (χ4v) is 0.602. The molecule has 0 fully saturated rings. The summed E-state index contributed by atoms with van der Waals surface area (Å²) in [5.41, 5.74) is 5.53. The third-order valence-corrected chi connectivity index (χ3v) is 1.56. The Hall–Kier alpha value is -1.31. The van der Waals surface area contributed by atoms with Crippen LogP contribution >= 0.6 is 0 Å². The Bertz CT molecular complexity index is 229. The van der Waals surface area contributed by atoms with Crippen LogP contribution < -0.4 is 5.73 Å². The van der Waals surface area contributed by atoms with E-state index in [0.29, 0.717) is 5.56 Å². The van der Waals surface area contributed by atoms with Crippen molar-refractivity contribution < 1.29 is 4.79 Å². The van der Waals surface area contributed by atoms with Crippen LogP contribution in [0.5, 0.6) is 0 Å². The van der Waals surface area contributed by atoms with Gasteiger partial charge in [0.05, 0.1) is 0 Å². The molecular weight excluding hydrogens is 162 g/mol. The Morgan fingerprint density at radius 2 is 1.62 bits per heavy atom. The van der Waals surface area contributed by atoms with Gasteiger partial charge >= 0.3 is 0 Å². The largest absolute Gasteiger partial charge is 0.366 e. The maximum Gasteiger partial charge on any atom is 0.248 e. The van der Waals surface area contributed by atoms with E-state index in [9.17, 15) is 4.79 Å². The molecule has 2 heteroatoms. The number of nitrogens with two attached hydrogens (primary N) is 1. The fourth-order valence-electron chi connectivity index (χ4n) is 0.602. The molecule has 0 unspecified atom stereocenters. The molecule has 2 N–H and O–H groups in total. The van der Waals surface area contributed by atoms with Crippen LogP contribution in [0, 0.1) is 0 Å². The van der Waals surface area contributed by atoms with Crippen LogP contribution in [0.25, 0.3) is 0 Å². The maximum absolute atomic E-state index is 10.4. The van der Waals surface area contributed by atoms with Crippen molar-refractivity contribution in [3.05, 3.63) is 35.9 Å². The molecule has 0 atom stereocenters. The second-order valence-corrected chi connectivity index (χ2v) is 2.73. The number of carbonyl (C=O) groups excluding carboxylic acids is 1. The van der Waals surface area contributed by atoms with Crippen molar-refractivity contribution in [3.63, 3.8) is 0 Å². The minimum absolute atomic E-state index is 0.379. The monoisotopic (exact) mass is 179 g/mol. The Balaban J connectivity index is 0.000000310. The van der Waals surface area contributed by atoms with E-state index in [1.165, 1.54) is 12.8 Å². The molecule has 0 spiro atoms. The molecule has 1 aromatic rings. The molecule has 2 nitrogen and oxygen atoms in total. The highest BCUT2D eigenvalue weighted by molar-refractivity contribution is 5.92. The first-order valence-corrected chi connectivity index (χ1v) is 4.57. The topological polar surface area (TPSA) is 43.1 Å². The summed E-state index contributed by atoms with van der Waals surface area (Å²) in [5.74, 6) is -0.379. The van der Waals surface area contributed by atoms with Gasteiger partial charge in [-0.3, -0.25) is 4.79 Å². The molecule has 0 radical (unpaired) electrons. The van der Waals surface area contributed by atoms with E-state index < -0.39 is 0 Å². The van der Waals surface area contributed by atoms with Crippen LogP contribution in [0.15, 0.2) is 30.3 Å². The zero-order chi connectivity index (χ0) is 10.1. The lowest BCUT2D eigenvalue weighted by Crippen LogP contribution is -2.09. The highest BCUT2D eigenvalue weighted by Gasteiger charge is 1.93. The van der Waals surface area contributed by atoms with Crippen LogP contribution in [0.4, 0.5) is 0 Å². The van der Waals surface area contributed by atoms with Crippen molar-refractivity contribution in [1.29, 1.82) is 0 Å². The predicted molar refractivity (Wildman–Crippen MR) is 55.5 cm³/mol. The first-order chi connectivity index (χ1) is 6.22. The summed E-state index contributed by atoms with van der Waals surface area (Å²) >= 11 is 0. The van der Waals surface area contributed by atoms with E-state index in [4.69, 9.17) is 5.73 Å². The van der Waals surface area contributed by atoms with E-state index in [1.54, 1.807) is 24.3 Å². The van der Waals surface area contributed by atoms with Crippen molar-refractivity contribution in [2.45, 2.75) is 26.7 Å². The summed E-state index contributed by atoms with van der Waals surface area (Å²) in [6, 6.07) is 8.76. The van der Waals surface area contributed by atoms with Crippen LogP contribution in [0.2, 0.25) is 0 Å². The molecule has 0 aliphatic heterocycles. The molecule has 0 aromatic heterocycles. The van der Waals surface area contributed by atoms with Gasteiger partial charge in [-0.15, -0.1) is 0 Å². The van der Waals surface area contributed by atoms with Crippen molar-refractivity contribution >= 4 is 5.91 Å². The minimum atomic E-state index is -0.379. The molecule has 0 aliphatic rings. The third-order valence-electron chi connectivity index (χ3n) is 1.56. The van der Waals surface area contributed by atoms with E-state index in [1.807, 2.05) is 6.07 Å². The van der Waals surface area contributed by atoms with E-state index >= 15 is 0 Å². The number of unbranched alkanes of at least 4 members (excludes halogenated alkanes) is 1. The second-order valence-electron chi connectivity index (χ2n) is 2.73. The lowest BCUT2D eigenvalue weighted by Gasteiger charge is -1.89. The summed E-state index contributed by atoms with van der Waals surface area (Å²) < 4.78 is 0. The van der Waals surface area contributed by atoms with Crippen molar-refractivity contribution in [1.82, 2.24) is 0 Å². The van der Waals surface area contributed by atoms with Gasteiger partial charge in [0.1, 0.15) is 0 Å². The summed E-state index contributed by atoms with van der Waals surface area (Å²) in [7, 11) is 0. The number of benzene rings is 1. The molecule has 0 heterocycles. The molecule has 1 aromatic carbocycles. The minimum Gasteiger partial charge on any atom is -0.366 e. The molecule has 1 rings (SSSR count). The lowest BCUT2D eigenvalue weighted by atomic mass is 10.2. The maximum atomic E-state index is 10.4. The van der Waals surface area contributed by atoms with Crippen LogP contribution in [0.3, 0.4) is 0 Å². The molecule has 1 amide bonds. The van der Waals surface area contributed by atoms with Gasteiger partial charge in [0.15, 0.2) is 0 Å². The SMILES string of the molecule is CCCC.NC(=O)c1ccccc1. The summed E-state index contributed by atoms with van der Waals surface area (Å²) in [6.45, 7) is 4.36.